The Morgan fingerprint density at radius 2 is 1.52 bits per heavy atom. The molecule has 2 nitrogen and oxygen atoms in total. The molecule has 2 N–H and O–H groups in total. The lowest BCUT2D eigenvalue weighted by Gasteiger charge is -2.17. The Hall–Kier alpha value is -1.16. The molecular weight excluding hydrogens is 294 g/mol. The van der Waals surface area contributed by atoms with Gasteiger partial charge in [0.2, 0.25) is 0 Å². The maximum atomic E-state index is 13.8. The molecule has 0 aliphatic carbocycles. The van der Waals surface area contributed by atoms with Crippen molar-refractivity contribution >= 4 is 5.69 Å². The Labute approximate surface area is 140 Å². The predicted molar refractivity (Wildman–Crippen MR) is 95.5 cm³/mol. The lowest BCUT2D eigenvalue weighted by Crippen LogP contribution is -2.11. The van der Waals surface area contributed by atoms with Crippen LogP contribution in [0.15, 0.2) is 18.2 Å². The van der Waals surface area contributed by atoms with Gasteiger partial charge < -0.3 is 10.6 Å². The van der Waals surface area contributed by atoms with Crippen molar-refractivity contribution in [3.63, 3.8) is 0 Å². The Morgan fingerprint density at radius 1 is 0.913 bits per heavy atom. The summed E-state index contributed by atoms with van der Waals surface area (Å²) in [6, 6.07) is 5.31. The summed E-state index contributed by atoms with van der Waals surface area (Å²) in [5.74, 6) is -2.78. The minimum Gasteiger partial charge on any atom is -0.388 e. The fourth-order valence-corrected chi connectivity index (χ4v) is 2.86. The zero-order valence-corrected chi connectivity index (χ0v) is 14.9. The highest BCUT2D eigenvalue weighted by atomic mass is 19.3. The van der Waals surface area contributed by atoms with Gasteiger partial charge in [-0.05, 0) is 50.6 Å². The molecule has 1 rings (SSSR count). The third-order valence-electron chi connectivity index (χ3n) is 4.24. The molecule has 0 bridgehead atoms. The molecule has 1 aromatic rings. The third-order valence-corrected chi connectivity index (χ3v) is 4.24. The van der Waals surface area contributed by atoms with E-state index in [9.17, 15) is 8.78 Å². The molecular formula is C19H32F2N2. The van der Waals surface area contributed by atoms with Crippen molar-refractivity contribution in [1.82, 2.24) is 5.32 Å². The second kappa shape index (κ2) is 10.6. The van der Waals surface area contributed by atoms with Gasteiger partial charge in [-0.2, -0.15) is 0 Å². The molecule has 0 aliphatic heterocycles. The summed E-state index contributed by atoms with van der Waals surface area (Å²) >= 11 is 0. The molecule has 0 amide bonds. The normalized spacial score (nSPS) is 11.7. The molecule has 4 heteroatoms. The fourth-order valence-electron chi connectivity index (χ4n) is 2.86. The Kier molecular flexibility index (Phi) is 9.15. The van der Waals surface area contributed by atoms with Crippen LogP contribution < -0.4 is 10.6 Å². The number of nitrogens with one attached hydrogen (secondary N) is 2. The van der Waals surface area contributed by atoms with Crippen molar-refractivity contribution < 1.29 is 8.78 Å². The summed E-state index contributed by atoms with van der Waals surface area (Å²) in [4.78, 5) is 0. The molecule has 23 heavy (non-hydrogen) atoms. The summed E-state index contributed by atoms with van der Waals surface area (Å²) in [5, 5.41) is 6.09. The van der Waals surface area contributed by atoms with Crippen LogP contribution in [-0.2, 0) is 12.3 Å². The van der Waals surface area contributed by atoms with E-state index in [2.05, 4.69) is 10.6 Å². The molecule has 0 saturated carbocycles. The van der Waals surface area contributed by atoms with Gasteiger partial charge in [-0.1, -0.05) is 38.2 Å². The van der Waals surface area contributed by atoms with Crippen LogP contribution in [0.5, 0.6) is 0 Å². The number of aryl methyl sites for hydroxylation is 1. The average molecular weight is 326 g/mol. The van der Waals surface area contributed by atoms with Crippen molar-refractivity contribution in [2.24, 2.45) is 0 Å². The number of alkyl halides is 2. The van der Waals surface area contributed by atoms with Crippen molar-refractivity contribution in [2.75, 3.05) is 26.0 Å². The zero-order chi connectivity index (χ0) is 17.1. The first kappa shape index (κ1) is 19.9. The second-order valence-corrected chi connectivity index (χ2v) is 6.34. The SMILES string of the molecule is CNCCCCCCCCCc1ccc(NC)cc1C(C)(F)F. The van der Waals surface area contributed by atoms with E-state index < -0.39 is 5.92 Å². The van der Waals surface area contributed by atoms with E-state index in [4.69, 9.17) is 0 Å². The molecule has 1 aromatic carbocycles. The Morgan fingerprint density at radius 3 is 2.09 bits per heavy atom. The third kappa shape index (κ3) is 7.78. The molecule has 0 aliphatic rings. The predicted octanol–water partition coefficient (Wildman–Crippen LogP) is 5.33. The number of hydrogen-bond donors (Lipinski definition) is 2. The standard InChI is InChI=1S/C19H32F2N2/c1-19(20,21)18-15-17(23-3)13-12-16(18)11-9-7-5-4-6-8-10-14-22-2/h12-13,15,22-23H,4-11,14H2,1-3H3. The topological polar surface area (TPSA) is 24.1 Å². The number of hydrogen-bond acceptors (Lipinski definition) is 2. The smallest absolute Gasteiger partial charge is 0.270 e. The van der Waals surface area contributed by atoms with E-state index >= 15 is 0 Å². The molecule has 0 radical (unpaired) electrons. The molecule has 132 valence electrons. The van der Waals surface area contributed by atoms with Crippen LogP contribution in [0, 0.1) is 0 Å². The van der Waals surface area contributed by atoms with Crippen molar-refractivity contribution in [3.05, 3.63) is 29.3 Å². The fraction of sp³-hybridized carbons (Fsp3) is 0.684. The summed E-state index contributed by atoms with van der Waals surface area (Å²) < 4.78 is 27.6. The largest absolute Gasteiger partial charge is 0.388 e. The van der Waals surface area contributed by atoms with Crippen molar-refractivity contribution in [3.8, 4) is 0 Å². The number of unbranched alkanes of at least 4 members (excludes halogenated alkanes) is 6. The van der Waals surface area contributed by atoms with Gasteiger partial charge in [-0.3, -0.25) is 0 Å². The highest BCUT2D eigenvalue weighted by molar-refractivity contribution is 5.49. The summed E-state index contributed by atoms with van der Waals surface area (Å²) in [5.41, 5.74) is 1.69. The van der Waals surface area contributed by atoms with Gasteiger partial charge >= 0.3 is 0 Å². The van der Waals surface area contributed by atoms with E-state index in [0.717, 1.165) is 44.0 Å². The van der Waals surface area contributed by atoms with Crippen LogP contribution in [0.2, 0.25) is 0 Å². The van der Waals surface area contributed by atoms with Gasteiger partial charge in [-0.15, -0.1) is 0 Å². The average Bonchev–Trinajstić information content (AvgIpc) is 2.52. The molecule has 0 saturated heterocycles. The van der Waals surface area contributed by atoms with E-state index in [-0.39, 0.29) is 5.56 Å². The first-order chi connectivity index (χ1) is 11.0. The van der Waals surface area contributed by atoms with Gasteiger partial charge in [0.25, 0.3) is 5.92 Å². The number of halogens is 2. The van der Waals surface area contributed by atoms with Crippen LogP contribution in [0.1, 0.15) is 63.0 Å². The maximum absolute atomic E-state index is 13.8. The monoisotopic (exact) mass is 326 g/mol. The van der Waals surface area contributed by atoms with E-state index in [1.54, 1.807) is 13.1 Å². The molecule has 0 unspecified atom stereocenters. The minimum absolute atomic E-state index is 0.163. The molecule has 0 atom stereocenters. The lowest BCUT2D eigenvalue weighted by atomic mass is 9.96. The van der Waals surface area contributed by atoms with Crippen LogP contribution in [0.4, 0.5) is 14.5 Å². The maximum Gasteiger partial charge on any atom is 0.270 e. The van der Waals surface area contributed by atoms with Gasteiger partial charge in [0.15, 0.2) is 0 Å². The Balaban J connectivity index is 2.34. The van der Waals surface area contributed by atoms with Gasteiger partial charge in [0.1, 0.15) is 0 Å². The van der Waals surface area contributed by atoms with Crippen LogP contribution in [0.3, 0.4) is 0 Å². The Bertz CT molecular complexity index is 441. The number of anilines is 1. The van der Waals surface area contributed by atoms with E-state index in [1.807, 2.05) is 19.2 Å². The molecule has 0 spiro atoms. The van der Waals surface area contributed by atoms with Crippen LogP contribution >= 0.6 is 0 Å². The van der Waals surface area contributed by atoms with Crippen LogP contribution in [-0.4, -0.2) is 20.6 Å². The van der Waals surface area contributed by atoms with Crippen molar-refractivity contribution in [2.45, 2.75) is 64.2 Å². The number of rotatable bonds is 12. The number of benzene rings is 1. The van der Waals surface area contributed by atoms with Gasteiger partial charge in [0.05, 0.1) is 0 Å². The minimum atomic E-state index is -2.78. The summed E-state index contributed by atoms with van der Waals surface area (Å²) in [7, 11) is 3.74. The van der Waals surface area contributed by atoms with Gasteiger partial charge in [-0.25, -0.2) is 8.78 Å². The quantitative estimate of drug-likeness (QED) is 0.507. The van der Waals surface area contributed by atoms with E-state index in [1.165, 1.54) is 32.1 Å². The summed E-state index contributed by atoms with van der Waals surface area (Å²) in [6.45, 7) is 2.08. The highest BCUT2D eigenvalue weighted by Gasteiger charge is 2.27. The zero-order valence-electron chi connectivity index (χ0n) is 14.9. The van der Waals surface area contributed by atoms with E-state index in [0.29, 0.717) is 0 Å². The highest BCUT2D eigenvalue weighted by Crippen LogP contribution is 2.32. The van der Waals surface area contributed by atoms with Crippen molar-refractivity contribution in [1.29, 1.82) is 0 Å². The first-order valence-electron chi connectivity index (χ1n) is 8.82. The summed E-state index contributed by atoms with van der Waals surface area (Å²) in [6.07, 6.45) is 9.08. The molecule has 0 aromatic heterocycles. The van der Waals surface area contributed by atoms with Crippen LogP contribution in [0.25, 0.3) is 0 Å². The second-order valence-electron chi connectivity index (χ2n) is 6.34. The first-order valence-corrected chi connectivity index (χ1v) is 8.82. The molecule has 0 heterocycles. The lowest BCUT2D eigenvalue weighted by molar-refractivity contribution is 0.0166. The molecule has 0 fully saturated rings. The van der Waals surface area contributed by atoms with Gasteiger partial charge in [0, 0.05) is 25.2 Å².